The number of carbonyl (C=O) groups excluding carboxylic acids is 1. The number of hydrogen-bond donors (Lipinski definition) is 1. The fourth-order valence-corrected chi connectivity index (χ4v) is 2.18. The predicted molar refractivity (Wildman–Crippen MR) is 93.3 cm³/mol. The van der Waals surface area contributed by atoms with Crippen molar-refractivity contribution >= 4 is 11.5 Å². The lowest BCUT2D eigenvalue weighted by Gasteiger charge is -2.03. The van der Waals surface area contributed by atoms with E-state index in [-0.39, 0.29) is 5.78 Å². The maximum Gasteiger partial charge on any atom is 0.187 e. The molecule has 2 nitrogen and oxygen atoms in total. The first-order chi connectivity index (χ1) is 10.7. The first kappa shape index (κ1) is 16.0. The highest BCUT2D eigenvalue weighted by Gasteiger charge is 2.00. The lowest BCUT2D eigenvalue weighted by molar-refractivity contribution is 0.104. The predicted octanol–water partition coefficient (Wildman–Crippen LogP) is 5.15. The van der Waals surface area contributed by atoms with E-state index in [4.69, 9.17) is 0 Å². The zero-order valence-electron chi connectivity index (χ0n) is 13.3. The second kappa shape index (κ2) is 8.18. The van der Waals surface area contributed by atoms with Crippen LogP contribution in [0.2, 0.25) is 0 Å². The van der Waals surface area contributed by atoms with E-state index in [0.29, 0.717) is 5.56 Å². The van der Waals surface area contributed by atoms with Gasteiger partial charge in [0.15, 0.2) is 5.78 Å². The summed E-state index contributed by atoms with van der Waals surface area (Å²) in [5, 5.41) is 3.14. The normalized spacial score (nSPS) is 10.8. The van der Waals surface area contributed by atoms with Crippen LogP contribution in [0.25, 0.3) is 0 Å². The Bertz CT molecular complexity index is 624. The highest BCUT2D eigenvalue weighted by atomic mass is 16.1. The molecule has 0 heterocycles. The number of unbranched alkanes of at least 4 members (excludes halogenated alkanes) is 1. The van der Waals surface area contributed by atoms with Gasteiger partial charge in [0.25, 0.3) is 0 Å². The van der Waals surface area contributed by atoms with Crippen LogP contribution < -0.4 is 5.32 Å². The molecule has 0 spiro atoms. The molecule has 114 valence electrons. The molecule has 0 aromatic heterocycles. The zero-order chi connectivity index (χ0) is 15.8. The fourth-order valence-electron chi connectivity index (χ4n) is 2.18. The van der Waals surface area contributed by atoms with Gasteiger partial charge in [0.1, 0.15) is 0 Å². The van der Waals surface area contributed by atoms with Crippen molar-refractivity contribution in [1.29, 1.82) is 0 Å². The average molecular weight is 293 g/mol. The van der Waals surface area contributed by atoms with E-state index >= 15 is 0 Å². The Balaban J connectivity index is 1.88. The average Bonchev–Trinajstić information content (AvgIpc) is 2.54. The Labute approximate surface area is 132 Å². The largest absolute Gasteiger partial charge is 0.362 e. The summed E-state index contributed by atoms with van der Waals surface area (Å²) >= 11 is 0. The molecule has 0 saturated heterocycles. The molecule has 2 aromatic rings. The third-order valence-electron chi connectivity index (χ3n) is 3.59. The highest BCUT2D eigenvalue weighted by molar-refractivity contribution is 6.04. The maximum absolute atomic E-state index is 12.0. The summed E-state index contributed by atoms with van der Waals surface area (Å²) in [5.74, 6) is 0.00654. The fraction of sp³-hybridized carbons (Fsp3) is 0.250. The Kier molecular flexibility index (Phi) is 5.96. The number of carbonyl (C=O) groups is 1. The van der Waals surface area contributed by atoms with E-state index in [1.165, 1.54) is 18.4 Å². The molecule has 0 fully saturated rings. The van der Waals surface area contributed by atoms with Gasteiger partial charge < -0.3 is 5.32 Å². The summed E-state index contributed by atoms with van der Waals surface area (Å²) in [5.41, 5.74) is 4.21. The number of anilines is 1. The molecule has 1 N–H and O–H groups in total. The summed E-state index contributed by atoms with van der Waals surface area (Å²) in [6.45, 7) is 4.21. The van der Waals surface area contributed by atoms with Gasteiger partial charge in [-0.25, -0.2) is 0 Å². The van der Waals surface area contributed by atoms with Crippen LogP contribution in [0.3, 0.4) is 0 Å². The van der Waals surface area contributed by atoms with E-state index in [1.54, 1.807) is 12.3 Å². The van der Waals surface area contributed by atoms with Gasteiger partial charge in [0, 0.05) is 23.5 Å². The van der Waals surface area contributed by atoms with Gasteiger partial charge >= 0.3 is 0 Å². The number of nitrogens with one attached hydrogen (secondary N) is 1. The summed E-state index contributed by atoms with van der Waals surface area (Å²) in [6.07, 6.45) is 6.82. The molecule has 2 heteroatoms. The van der Waals surface area contributed by atoms with Gasteiger partial charge in [-0.15, -0.1) is 0 Å². The number of allylic oxidation sites excluding steroid dienone is 1. The molecule has 0 unspecified atom stereocenters. The van der Waals surface area contributed by atoms with Crippen molar-refractivity contribution in [2.24, 2.45) is 0 Å². The summed E-state index contributed by atoms with van der Waals surface area (Å²) in [6, 6.07) is 16.0. The maximum atomic E-state index is 12.0. The summed E-state index contributed by atoms with van der Waals surface area (Å²) in [4.78, 5) is 12.0. The van der Waals surface area contributed by atoms with Crippen molar-refractivity contribution in [3.05, 3.63) is 77.5 Å². The van der Waals surface area contributed by atoms with E-state index in [2.05, 4.69) is 24.4 Å². The standard InChI is InChI=1S/C20H23NO/c1-3-4-5-17-8-12-19(13-9-17)21-15-14-20(22)18-10-6-16(2)7-11-18/h6-15,21H,3-5H2,1-2H3. The Morgan fingerprint density at radius 3 is 2.36 bits per heavy atom. The van der Waals surface area contributed by atoms with Crippen LogP contribution in [0.1, 0.15) is 41.3 Å². The molecular formula is C20H23NO. The molecule has 0 amide bonds. The second-order valence-corrected chi connectivity index (χ2v) is 5.51. The lowest BCUT2D eigenvalue weighted by atomic mass is 10.1. The SMILES string of the molecule is CCCCc1ccc(NC=CC(=O)c2ccc(C)cc2)cc1. The highest BCUT2D eigenvalue weighted by Crippen LogP contribution is 2.12. The van der Waals surface area contributed by atoms with Crippen molar-refractivity contribution < 1.29 is 4.79 Å². The minimum Gasteiger partial charge on any atom is -0.362 e. The number of rotatable bonds is 7. The van der Waals surface area contributed by atoms with Gasteiger partial charge in [0.2, 0.25) is 0 Å². The summed E-state index contributed by atoms with van der Waals surface area (Å²) < 4.78 is 0. The Morgan fingerprint density at radius 2 is 1.73 bits per heavy atom. The van der Waals surface area contributed by atoms with Gasteiger partial charge in [-0.3, -0.25) is 4.79 Å². The first-order valence-electron chi connectivity index (χ1n) is 7.82. The molecule has 0 aliphatic rings. The van der Waals surface area contributed by atoms with Crippen LogP contribution in [-0.2, 0) is 6.42 Å². The van der Waals surface area contributed by atoms with Crippen LogP contribution in [0.5, 0.6) is 0 Å². The summed E-state index contributed by atoms with van der Waals surface area (Å²) in [7, 11) is 0. The number of benzene rings is 2. The number of aryl methyl sites for hydroxylation is 2. The van der Waals surface area contributed by atoms with Crippen molar-refractivity contribution in [3.63, 3.8) is 0 Å². The third-order valence-corrected chi connectivity index (χ3v) is 3.59. The van der Waals surface area contributed by atoms with Crippen LogP contribution in [0, 0.1) is 6.92 Å². The molecule has 22 heavy (non-hydrogen) atoms. The van der Waals surface area contributed by atoms with Crippen LogP contribution >= 0.6 is 0 Å². The van der Waals surface area contributed by atoms with Crippen LogP contribution in [0.4, 0.5) is 5.69 Å². The van der Waals surface area contributed by atoms with E-state index in [9.17, 15) is 4.79 Å². The van der Waals surface area contributed by atoms with Crippen molar-refractivity contribution in [3.8, 4) is 0 Å². The number of ketones is 1. The van der Waals surface area contributed by atoms with Crippen molar-refractivity contribution in [1.82, 2.24) is 0 Å². The monoisotopic (exact) mass is 293 g/mol. The Hall–Kier alpha value is -2.35. The molecule has 0 radical (unpaired) electrons. The zero-order valence-corrected chi connectivity index (χ0v) is 13.3. The smallest absolute Gasteiger partial charge is 0.187 e. The second-order valence-electron chi connectivity index (χ2n) is 5.51. The molecular weight excluding hydrogens is 270 g/mol. The molecule has 0 atom stereocenters. The topological polar surface area (TPSA) is 29.1 Å². The molecule has 0 aliphatic heterocycles. The van der Waals surface area contributed by atoms with Gasteiger partial charge in [-0.2, -0.15) is 0 Å². The quantitative estimate of drug-likeness (QED) is 0.565. The number of hydrogen-bond acceptors (Lipinski definition) is 2. The van der Waals surface area contributed by atoms with Crippen LogP contribution in [0.15, 0.2) is 60.8 Å². The van der Waals surface area contributed by atoms with Gasteiger partial charge in [-0.1, -0.05) is 55.3 Å². The molecule has 0 bridgehead atoms. The Morgan fingerprint density at radius 1 is 1.05 bits per heavy atom. The third kappa shape index (κ3) is 4.88. The van der Waals surface area contributed by atoms with Crippen molar-refractivity contribution in [2.75, 3.05) is 5.32 Å². The van der Waals surface area contributed by atoms with E-state index in [0.717, 1.165) is 17.7 Å². The lowest BCUT2D eigenvalue weighted by Crippen LogP contribution is -1.96. The first-order valence-corrected chi connectivity index (χ1v) is 7.82. The molecule has 2 aromatic carbocycles. The minimum atomic E-state index is 0.00654. The minimum absolute atomic E-state index is 0.00654. The van der Waals surface area contributed by atoms with Gasteiger partial charge in [0.05, 0.1) is 0 Å². The van der Waals surface area contributed by atoms with Crippen molar-refractivity contribution in [2.45, 2.75) is 33.1 Å². The molecule has 2 rings (SSSR count). The molecule has 0 saturated carbocycles. The van der Waals surface area contributed by atoms with E-state index in [1.807, 2.05) is 43.3 Å². The van der Waals surface area contributed by atoms with Crippen LogP contribution in [-0.4, -0.2) is 5.78 Å². The molecule has 0 aliphatic carbocycles. The van der Waals surface area contributed by atoms with Gasteiger partial charge in [-0.05, 0) is 37.5 Å². The van der Waals surface area contributed by atoms with E-state index < -0.39 is 0 Å².